The molecule has 0 aliphatic rings. The fourth-order valence-corrected chi connectivity index (χ4v) is 2.14. The van der Waals surface area contributed by atoms with Crippen molar-refractivity contribution in [3.05, 3.63) is 35.0 Å². The minimum absolute atomic E-state index is 0.00307. The third kappa shape index (κ3) is 2.01. The number of fused-ring (bicyclic) bond motifs is 1. The van der Waals surface area contributed by atoms with Crippen molar-refractivity contribution in [1.82, 2.24) is 4.57 Å². The average molecular weight is 254 g/mol. The molecule has 2 rings (SSSR count). The molecule has 1 aromatic carbocycles. The number of nitrogens with zero attached hydrogens (tertiary/aromatic N) is 1. The van der Waals surface area contributed by atoms with E-state index in [2.05, 4.69) is 0 Å². The molecule has 5 heteroatoms. The molecule has 0 bridgehead atoms. The van der Waals surface area contributed by atoms with Crippen molar-refractivity contribution in [2.75, 3.05) is 13.7 Å². The molecule has 1 heterocycles. The number of aromatic nitrogens is 1. The van der Waals surface area contributed by atoms with E-state index in [9.17, 15) is 4.79 Å². The van der Waals surface area contributed by atoms with Gasteiger partial charge >= 0.3 is 5.97 Å². The number of ether oxygens (including phenoxy) is 1. The Kier molecular flexibility index (Phi) is 3.36. The maximum absolute atomic E-state index is 11.6. The lowest BCUT2D eigenvalue weighted by molar-refractivity contribution is 0.0602. The van der Waals surface area contributed by atoms with Crippen LogP contribution in [-0.4, -0.2) is 29.4 Å². The first-order valence-corrected chi connectivity index (χ1v) is 5.53. The van der Waals surface area contributed by atoms with Gasteiger partial charge in [0, 0.05) is 18.1 Å². The van der Waals surface area contributed by atoms with Crippen LogP contribution < -0.4 is 0 Å². The first kappa shape index (κ1) is 12.0. The number of carbonyl (C=O) groups excluding carboxylic acids is 1. The monoisotopic (exact) mass is 253 g/mol. The van der Waals surface area contributed by atoms with Crippen molar-refractivity contribution in [2.45, 2.75) is 6.54 Å². The summed E-state index contributed by atoms with van der Waals surface area (Å²) >= 11 is 6.09. The minimum atomic E-state index is -0.431. The maximum atomic E-state index is 11.6. The van der Waals surface area contributed by atoms with E-state index in [1.807, 2.05) is 6.07 Å². The summed E-state index contributed by atoms with van der Waals surface area (Å²) in [4.78, 5) is 11.6. The molecule has 1 aromatic heterocycles. The maximum Gasteiger partial charge on any atom is 0.340 e. The van der Waals surface area contributed by atoms with Crippen LogP contribution in [0.5, 0.6) is 0 Å². The summed E-state index contributed by atoms with van der Waals surface area (Å²) in [5.74, 6) is -0.431. The number of aliphatic hydroxyl groups excluding tert-OH is 1. The fourth-order valence-electron chi connectivity index (χ4n) is 1.87. The Morgan fingerprint density at radius 1 is 1.53 bits per heavy atom. The molecule has 90 valence electrons. The number of esters is 1. The van der Waals surface area contributed by atoms with Gasteiger partial charge in [-0.3, -0.25) is 0 Å². The van der Waals surface area contributed by atoms with E-state index < -0.39 is 5.97 Å². The number of methoxy groups -OCH3 is 1. The zero-order chi connectivity index (χ0) is 12.4. The SMILES string of the molecule is COC(=O)c1cn(CCO)c2cccc(Cl)c12. The van der Waals surface area contributed by atoms with Gasteiger partial charge in [0.15, 0.2) is 0 Å². The molecular weight excluding hydrogens is 242 g/mol. The van der Waals surface area contributed by atoms with Gasteiger partial charge in [-0.05, 0) is 12.1 Å². The zero-order valence-electron chi connectivity index (χ0n) is 9.31. The zero-order valence-corrected chi connectivity index (χ0v) is 10.1. The van der Waals surface area contributed by atoms with E-state index in [1.54, 1.807) is 22.9 Å². The number of aliphatic hydroxyl groups is 1. The summed E-state index contributed by atoms with van der Waals surface area (Å²) in [6.07, 6.45) is 1.65. The van der Waals surface area contributed by atoms with Crippen molar-refractivity contribution < 1.29 is 14.6 Å². The second-order valence-electron chi connectivity index (χ2n) is 3.59. The Morgan fingerprint density at radius 2 is 2.29 bits per heavy atom. The standard InChI is InChI=1S/C12H12ClNO3/c1-17-12(16)8-7-14(5-6-15)10-4-2-3-9(13)11(8)10/h2-4,7,15H,5-6H2,1H3. The molecule has 1 N–H and O–H groups in total. The highest BCUT2D eigenvalue weighted by atomic mass is 35.5. The quantitative estimate of drug-likeness (QED) is 0.852. The van der Waals surface area contributed by atoms with Crippen LogP contribution in [-0.2, 0) is 11.3 Å². The number of carbonyl (C=O) groups is 1. The Bertz CT molecular complexity index is 562. The molecule has 0 aliphatic carbocycles. The lowest BCUT2D eigenvalue weighted by atomic mass is 10.2. The van der Waals surface area contributed by atoms with Crippen LogP contribution >= 0.6 is 11.6 Å². The largest absolute Gasteiger partial charge is 0.465 e. The van der Waals surface area contributed by atoms with Gasteiger partial charge in [0.05, 0.1) is 29.8 Å². The molecule has 0 aliphatic heterocycles. The minimum Gasteiger partial charge on any atom is -0.465 e. The lowest BCUT2D eigenvalue weighted by Gasteiger charge is -2.01. The fraction of sp³-hybridized carbons (Fsp3) is 0.250. The molecule has 0 unspecified atom stereocenters. The number of benzene rings is 1. The third-order valence-corrected chi connectivity index (χ3v) is 2.92. The van der Waals surface area contributed by atoms with E-state index in [0.717, 1.165) is 5.52 Å². The molecular formula is C12H12ClNO3. The van der Waals surface area contributed by atoms with Crippen LogP contribution in [0, 0.1) is 0 Å². The summed E-state index contributed by atoms with van der Waals surface area (Å²) in [5, 5.41) is 10.1. The van der Waals surface area contributed by atoms with Gasteiger partial charge in [0.1, 0.15) is 0 Å². The topological polar surface area (TPSA) is 51.5 Å². The van der Waals surface area contributed by atoms with Crippen LogP contribution in [0.4, 0.5) is 0 Å². The molecule has 2 aromatic rings. The average Bonchev–Trinajstić information content (AvgIpc) is 2.69. The molecule has 0 saturated carbocycles. The molecule has 0 spiro atoms. The highest BCUT2D eigenvalue weighted by Gasteiger charge is 2.17. The summed E-state index contributed by atoms with van der Waals surface area (Å²) in [7, 11) is 1.33. The van der Waals surface area contributed by atoms with Crippen molar-refractivity contribution in [1.29, 1.82) is 0 Å². The van der Waals surface area contributed by atoms with Gasteiger partial charge in [-0.1, -0.05) is 17.7 Å². The first-order valence-electron chi connectivity index (χ1n) is 5.15. The number of hydrogen-bond donors (Lipinski definition) is 1. The molecule has 0 amide bonds. The normalized spacial score (nSPS) is 10.8. The third-order valence-electron chi connectivity index (χ3n) is 2.60. The van der Waals surface area contributed by atoms with Gasteiger partial charge in [-0.2, -0.15) is 0 Å². The Balaban J connectivity index is 2.71. The van der Waals surface area contributed by atoms with E-state index >= 15 is 0 Å². The summed E-state index contributed by atoms with van der Waals surface area (Å²) in [6.45, 7) is 0.407. The summed E-state index contributed by atoms with van der Waals surface area (Å²) < 4.78 is 6.50. The van der Waals surface area contributed by atoms with Crippen LogP contribution in [0.3, 0.4) is 0 Å². The molecule has 17 heavy (non-hydrogen) atoms. The predicted molar refractivity (Wildman–Crippen MR) is 65.4 cm³/mol. The second kappa shape index (κ2) is 4.77. The molecule has 0 radical (unpaired) electrons. The first-order chi connectivity index (χ1) is 8.19. The van der Waals surface area contributed by atoms with E-state index in [1.165, 1.54) is 7.11 Å². The van der Waals surface area contributed by atoms with Crippen LogP contribution in [0.25, 0.3) is 10.9 Å². The van der Waals surface area contributed by atoms with Crippen LogP contribution in [0.1, 0.15) is 10.4 Å². The molecule has 4 nitrogen and oxygen atoms in total. The number of hydrogen-bond acceptors (Lipinski definition) is 3. The number of halogens is 1. The smallest absolute Gasteiger partial charge is 0.340 e. The Labute approximate surface area is 103 Å². The lowest BCUT2D eigenvalue weighted by Crippen LogP contribution is -2.02. The number of rotatable bonds is 3. The molecule has 0 atom stereocenters. The van der Waals surface area contributed by atoms with E-state index in [0.29, 0.717) is 22.5 Å². The molecule has 0 fully saturated rings. The van der Waals surface area contributed by atoms with Crippen LogP contribution in [0.2, 0.25) is 5.02 Å². The van der Waals surface area contributed by atoms with Crippen molar-refractivity contribution in [2.24, 2.45) is 0 Å². The summed E-state index contributed by atoms with van der Waals surface area (Å²) in [6, 6.07) is 5.38. The highest BCUT2D eigenvalue weighted by Crippen LogP contribution is 2.29. The second-order valence-corrected chi connectivity index (χ2v) is 3.99. The van der Waals surface area contributed by atoms with Crippen molar-refractivity contribution in [3.8, 4) is 0 Å². The van der Waals surface area contributed by atoms with Crippen LogP contribution in [0.15, 0.2) is 24.4 Å². The van der Waals surface area contributed by atoms with Gasteiger partial charge in [-0.15, -0.1) is 0 Å². The van der Waals surface area contributed by atoms with Gasteiger partial charge in [-0.25, -0.2) is 4.79 Å². The van der Waals surface area contributed by atoms with Gasteiger partial charge in [0.25, 0.3) is 0 Å². The predicted octanol–water partition coefficient (Wildman–Crippen LogP) is 2.07. The Morgan fingerprint density at radius 3 is 2.94 bits per heavy atom. The van der Waals surface area contributed by atoms with Crippen molar-refractivity contribution in [3.63, 3.8) is 0 Å². The molecule has 0 saturated heterocycles. The van der Waals surface area contributed by atoms with E-state index in [-0.39, 0.29) is 6.61 Å². The Hall–Kier alpha value is -1.52. The van der Waals surface area contributed by atoms with Gasteiger partial charge < -0.3 is 14.4 Å². The highest BCUT2D eigenvalue weighted by molar-refractivity contribution is 6.36. The van der Waals surface area contributed by atoms with E-state index in [4.69, 9.17) is 21.4 Å². The van der Waals surface area contributed by atoms with Gasteiger partial charge in [0.2, 0.25) is 0 Å². The van der Waals surface area contributed by atoms with Crippen molar-refractivity contribution >= 4 is 28.5 Å². The summed E-state index contributed by atoms with van der Waals surface area (Å²) in [5.41, 5.74) is 1.23.